The lowest BCUT2D eigenvalue weighted by Gasteiger charge is -2.23. The molecule has 1 fully saturated rings. The van der Waals surface area contributed by atoms with Gasteiger partial charge in [-0.1, -0.05) is 30.3 Å². The summed E-state index contributed by atoms with van der Waals surface area (Å²) in [7, 11) is 2.28. The van der Waals surface area contributed by atoms with Gasteiger partial charge in [0.15, 0.2) is 0 Å². The van der Waals surface area contributed by atoms with Gasteiger partial charge in [-0.15, -0.1) is 0 Å². The van der Waals surface area contributed by atoms with Crippen LogP contribution in [-0.4, -0.2) is 54.9 Å². The molecule has 0 bridgehead atoms. The van der Waals surface area contributed by atoms with Gasteiger partial charge in [0.2, 0.25) is 0 Å². The zero-order valence-corrected chi connectivity index (χ0v) is 16.0. The van der Waals surface area contributed by atoms with E-state index in [1.165, 1.54) is 6.08 Å². The second kappa shape index (κ2) is 9.84. The van der Waals surface area contributed by atoms with Crippen molar-refractivity contribution >= 4 is 20.8 Å². The Balaban J connectivity index is 1.60. The Morgan fingerprint density at radius 1 is 1.08 bits per heavy atom. The van der Waals surface area contributed by atoms with Gasteiger partial charge in [-0.3, -0.25) is 0 Å². The number of epoxide rings is 1. The maximum atomic E-state index is 11.7. The fourth-order valence-electron chi connectivity index (χ4n) is 2.61. The van der Waals surface area contributed by atoms with Crippen LogP contribution >= 0.6 is 0 Å². The second-order valence-electron chi connectivity index (χ2n) is 5.75. The van der Waals surface area contributed by atoms with Gasteiger partial charge in [-0.2, -0.15) is 0 Å². The number of hydrogen-bond acceptors (Lipinski definition) is 6. The Morgan fingerprint density at radius 2 is 1.72 bits per heavy atom. The number of carbonyl (C=O) groups is 1. The van der Waals surface area contributed by atoms with E-state index in [9.17, 15) is 4.79 Å². The fraction of sp³-hybridized carbons (Fsp3) is 0.500. The molecule has 0 aromatic heterocycles. The molecule has 1 aromatic rings. The Hall–Kier alpha value is -1.51. The number of benzene rings is 1. The third-order valence-corrected chi connectivity index (χ3v) is 6.98. The molecule has 1 aliphatic heterocycles. The van der Waals surface area contributed by atoms with E-state index in [2.05, 4.69) is 0 Å². The minimum absolute atomic E-state index is 0.128. The van der Waals surface area contributed by atoms with Crippen molar-refractivity contribution in [1.29, 1.82) is 0 Å². The molecule has 1 saturated heterocycles. The van der Waals surface area contributed by atoms with E-state index in [-0.39, 0.29) is 18.2 Å². The highest BCUT2D eigenvalue weighted by Gasteiger charge is 2.44. The number of ether oxygens (including phenoxy) is 2. The monoisotopic (exact) mass is 366 g/mol. The van der Waals surface area contributed by atoms with Gasteiger partial charge in [0, 0.05) is 39.9 Å². The van der Waals surface area contributed by atoms with E-state index in [4.69, 9.17) is 22.8 Å². The van der Waals surface area contributed by atoms with Gasteiger partial charge < -0.3 is 22.8 Å². The van der Waals surface area contributed by atoms with E-state index in [1.807, 2.05) is 30.3 Å². The molecule has 0 saturated carbocycles. The van der Waals surface area contributed by atoms with Crippen molar-refractivity contribution in [2.75, 3.05) is 27.9 Å². The molecule has 1 aromatic carbocycles. The molecule has 1 heterocycles. The van der Waals surface area contributed by atoms with Crippen LogP contribution in [0.5, 0.6) is 0 Å². The summed E-state index contributed by atoms with van der Waals surface area (Å²) in [5.74, 6) is -0.342. The van der Waals surface area contributed by atoms with E-state index >= 15 is 0 Å². The van der Waals surface area contributed by atoms with Crippen molar-refractivity contribution in [3.63, 3.8) is 0 Å². The third-order valence-electron chi connectivity index (χ3n) is 4.21. The van der Waals surface area contributed by atoms with Crippen LogP contribution in [-0.2, 0) is 27.5 Å². The Bertz CT molecular complexity index is 550. The lowest BCUT2D eigenvalue weighted by molar-refractivity contribution is -0.137. The fourth-order valence-corrected chi connectivity index (χ4v) is 4.36. The van der Waals surface area contributed by atoms with Crippen LogP contribution in [0.1, 0.15) is 18.4 Å². The number of hydrogen-bond donors (Lipinski definition) is 0. The molecule has 2 unspecified atom stereocenters. The summed E-state index contributed by atoms with van der Waals surface area (Å²) in [6, 6.07) is 10.3. The van der Waals surface area contributed by atoms with Crippen molar-refractivity contribution in [1.82, 2.24) is 0 Å². The first-order chi connectivity index (χ1) is 12.1. The highest BCUT2D eigenvalue weighted by Crippen LogP contribution is 2.32. The molecular weight excluding hydrogens is 340 g/mol. The molecule has 0 amide bonds. The number of carbonyl (C=O) groups excluding carboxylic acids is 1. The SMILES string of the molecule is CO[Si](CCC1OC1CCOC(=O)C=Cc1ccccc1)(OC)OC. The van der Waals surface area contributed by atoms with Crippen LogP contribution in [0.2, 0.25) is 6.04 Å². The molecule has 7 heteroatoms. The smallest absolute Gasteiger partial charge is 0.462 e. The summed E-state index contributed by atoms with van der Waals surface area (Å²) in [4.78, 5) is 11.7. The largest absolute Gasteiger partial charge is 0.500 e. The molecule has 0 radical (unpaired) electrons. The van der Waals surface area contributed by atoms with E-state index in [0.29, 0.717) is 19.1 Å². The lowest BCUT2D eigenvalue weighted by Crippen LogP contribution is -2.42. The number of esters is 1. The summed E-state index contributed by atoms with van der Waals surface area (Å²) in [5, 5.41) is 0. The molecule has 2 rings (SSSR count). The number of rotatable bonds is 11. The first-order valence-corrected chi connectivity index (χ1v) is 10.3. The van der Waals surface area contributed by atoms with Crippen molar-refractivity contribution in [2.45, 2.75) is 31.1 Å². The minimum atomic E-state index is -2.54. The molecule has 2 atom stereocenters. The van der Waals surface area contributed by atoms with Crippen LogP contribution in [0.4, 0.5) is 0 Å². The lowest BCUT2D eigenvalue weighted by atomic mass is 10.2. The first-order valence-electron chi connectivity index (χ1n) is 8.33. The molecule has 6 nitrogen and oxygen atoms in total. The third kappa shape index (κ3) is 6.37. The van der Waals surface area contributed by atoms with Gasteiger partial charge in [0.1, 0.15) is 0 Å². The summed E-state index contributed by atoms with van der Waals surface area (Å²) in [6.07, 6.45) is 4.97. The zero-order valence-electron chi connectivity index (χ0n) is 15.0. The topological polar surface area (TPSA) is 66.5 Å². The Morgan fingerprint density at radius 3 is 2.36 bits per heavy atom. The maximum absolute atomic E-state index is 11.7. The summed E-state index contributed by atoms with van der Waals surface area (Å²) in [5.41, 5.74) is 0.965. The van der Waals surface area contributed by atoms with Gasteiger partial charge in [-0.05, 0) is 18.1 Å². The van der Waals surface area contributed by atoms with Crippen molar-refractivity contribution in [3.05, 3.63) is 42.0 Å². The summed E-state index contributed by atoms with van der Waals surface area (Å²) in [6.45, 7) is 0.348. The van der Waals surface area contributed by atoms with Gasteiger partial charge >= 0.3 is 14.8 Å². The van der Waals surface area contributed by atoms with Crippen molar-refractivity contribution in [3.8, 4) is 0 Å². The van der Waals surface area contributed by atoms with Crippen LogP contribution in [0, 0.1) is 0 Å². The zero-order chi connectivity index (χ0) is 18.1. The average Bonchev–Trinajstić information content (AvgIpc) is 3.41. The van der Waals surface area contributed by atoms with Gasteiger partial charge in [-0.25, -0.2) is 4.79 Å². The standard InChI is InChI=1S/C18H26O6Si/c1-20-25(21-2,22-3)14-12-17-16(24-17)11-13-23-18(19)10-9-15-7-5-4-6-8-15/h4-10,16-17H,11-14H2,1-3H3. The van der Waals surface area contributed by atoms with Crippen LogP contribution in [0.15, 0.2) is 36.4 Å². The highest BCUT2D eigenvalue weighted by atomic mass is 28.4. The predicted molar refractivity (Wildman–Crippen MR) is 95.9 cm³/mol. The van der Waals surface area contributed by atoms with Gasteiger partial charge in [0.05, 0.1) is 18.8 Å². The second-order valence-corrected chi connectivity index (χ2v) is 8.84. The molecule has 0 spiro atoms. The highest BCUT2D eigenvalue weighted by molar-refractivity contribution is 6.60. The van der Waals surface area contributed by atoms with E-state index < -0.39 is 8.80 Å². The first kappa shape index (κ1) is 19.8. The van der Waals surface area contributed by atoms with Crippen molar-refractivity contribution in [2.24, 2.45) is 0 Å². The quantitative estimate of drug-likeness (QED) is 0.260. The summed E-state index contributed by atoms with van der Waals surface area (Å²) < 4.78 is 27.0. The van der Waals surface area contributed by atoms with Crippen LogP contribution < -0.4 is 0 Å². The van der Waals surface area contributed by atoms with Crippen molar-refractivity contribution < 1.29 is 27.5 Å². The molecule has 1 aliphatic rings. The predicted octanol–water partition coefficient (Wildman–Crippen LogP) is 2.67. The summed E-state index contributed by atoms with van der Waals surface area (Å²) >= 11 is 0. The van der Waals surface area contributed by atoms with Crippen LogP contribution in [0.25, 0.3) is 6.08 Å². The molecule has 0 aliphatic carbocycles. The maximum Gasteiger partial charge on any atom is 0.500 e. The molecule has 0 N–H and O–H groups in total. The van der Waals surface area contributed by atoms with E-state index in [0.717, 1.165) is 12.0 Å². The average molecular weight is 366 g/mol. The molecular formula is C18H26O6Si. The molecule has 25 heavy (non-hydrogen) atoms. The normalized spacial score (nSPS) is 20.0. The Kier molecular flexibility index (Phi) is 7.79. The van der Waals surface area contributed by atoms with Gasteiger partial charge in [0.25, 0.3) is 0 Å². The minimum Gasteiger partial charge on any atom is -0.462 e. The molecule has 138 valence electrons. The Labute approximate surface area is 150 Å². The van der Waals surface area contributed by atoms with Crippen LogP contribution in [0.3, 0.4) is 0 Å². The van der Waals surface area contributed by atoms with E-state index in [1.54, 1.807) is 27.4 Å².